The van der Waals surface area contributed by atoms with Crippen molar-refractivity contribution in [3.05, 3.63) is 78.7 Å². The molecule has 0 saturated carbocycles. The second-order valence-corrected chi connectivity index (χ2v) is 5.81. The number of rotatable bonds is 5. The largest absolute Gasteiger partial charge is 0.367 e. The van der Waals surface area contributed by atoms with Crippen LogP contribution in [0.4, 0.5) is 10.2 Å². The highest BCUT2D eigenvalue weighted by Gasteiger charge is 2.03. The van der Waals surface area contributed by atoms with Gasteiger partial charge in [-0.1, -0.05) is 18.2 Å². The van der Waals surface area contributed by atoms with Crippen LogP contribution in [0.3, 0.4) is 0 Å². The van der Waals surface area contributed by atoms with Crippen LogP contribution in [0.2, 0.25) is 0 Å². The van der Waals surface area contributed by atoms with E-state index in [-0.39, 0.29) is 5.82 Å². The molecule has 0 aliphatic carbocycles. The van der Waals surface area contributed by atoms with Gasteiger partial charge in [-0.05, 0) is 53.9 Å². The van der Waals surface area contributed by atoms with Crippen molar-refractivity contribution in [2.45, 2.75) is 6.54 Å². The van der Waals surface area contributed by atoms with Crippen molar-refractivity contribution in [2.75, 3.05) is 11.9 Å². The van der Waals surface area contributed by atoms with Gasteiger partial charge in [0.1, 0.15) is 11.6 Å². The molecule has 0 amide bonds. The SMILES string of the molecule is Fc1ccc(-c2ccc(NCCn3ccc4ccccc43)nn2)cc1. The van der Waals surface area contributed by atoms with Crippen LogP contribution in [0.5, 0.6) is 0 Å². The Morgan fingerprint density at radius 3 is 2.52 bits per heavy atom. The minimum Gasteiger partial charge on any atom is -0.367 e. The fraction of sp³-hybridized carbons (Fsp3) is 0.100. The number of fused-ring (bicyclic) bond motifs is 1. The minimum absolute atomic E-state index is 0.257. The smallest absolute Gasteiger partial charge is 0.148 e. The number of hydrogen-bond donors (Lipinski definition) is 1. The Balaban J connectivity index is 1.39. The lowest BCUT2D eigenvalue weighted by atomic mass is 10.1. The predicted molar refractivity (Wildman–Crippen MR) is 97.9 cm³/mol. The first-order valence-electron chi connectivity index (χ1n) is 8.17. The number of halogens is 1. The van der Waals surface area contributed by atoms with Crippen LogP contribution in [0.15, 0.2) is 72.9 Å². The second-order valence-electron chi connectivity index (χ2n) is 5.81. The lowest BCUT2D eigenvalue weighted by Crippen LogP contribution is -2.11. The molecule has 0 atom stereocenters. The van der Waals surface area contributed by atoms with Crippen LogP contribution in [-0.4, -0.2) is 21.3 Å². The van der Waals surface area contributed by atoms with E-state index in [1.165, 1.54) is 23.0 Å². The maximum absolute atomic E-state index is 13.0. The lowest BCUT2D eigenvalue weighted by molar-refractivity contribution is 0.628. The van der Waals surface area contributed by atoms with E-state index in [0.29, 0.717) is 0 Å². The molecule has 0 fully saturated rings. The number of para-hydroxylation sites is 1. The summed E-state index contributed by atoms with van der Waals surface area (Å²) in [6.45, 7) is 1.60. The van der Waals surface area contributed by atoms with Crippen molar-refractivity contribution >= 4 is 16.7 Å². The van der Waals surface area contributed by atoms with Crippen molar-refractivity contribution in [1.29, 1.82) is 0 Å². The van der Waals surface area contributed by atoms with Crippen LogP contribution in [-0.2, 0) is 6.54 Å². The first-order chi connectivity index (χ1) is 12.3. The molecule has 0 saturated heterocycles. The van der Waals surface area contributed by atoms with Gasteiger partial charge >= 0.3 is 0 Å². The fourth-order valence-corrected chi connectivity index (χ4v) is 2.84. The standard InChI is InChI=1S/C20H17FN4/c21-17-7-5-15(6-8-17)18-9-10-20(24-23-18)22-12-14-25-13-11-16-3-1-2-4-19(16)25/h1-11,13H,12,14H2,(H,22,24). The molecular formula is C20H17FN4. The highest BCUT2D eigenvalue weighted by atomic mass is 19.1. The zero-order chi connectivity index (χ0) is 17.1. The normalized spacial score (nSPS) is 10.9. The van der Waals surface area contributed by atoms with Gasteiger partial charge in [-0.15, -0.1) is 10.2 Å². The highest BCUT2D eigenvalue weighted by molar-refractivity contribution is 5.79. The molecule has 0 radical (unpaired) electrons. The van der Waals surface area contributed by atoms with Gasteiger partial charge in [-0.2, -0.15) is 0 Å². The van der Waals surface area contributed by atoms with Gasteiger partial charge in [0.15, 0.2) is 0 Å². The Morgan fingerprint density at radius 1 is 0.880 bits per heavy atom. The number of nitrogens with zero attached hydrogens (tertiary/aromatic N) is 3. The van der Waals surface area contributed by atoms with E-state index >= 15 is 0 Å². The number of nitrogens with one attached hydrogen (secondary N) is 1. The van der Waals surface area contributed by atoms with Crippen LogP contribution >= 0.6 is 0 Å². The topological polar surface area (TPSA) is 42.7 Å². The maximum atomic E-state index is 13.0. The molecule has 4 nitrogen and oxygen atoms in total. The average Bonchev–Trinajstić information content (AvgIpc) is 3.06. The molecule has 2 heterocycles. The average molecular weight is 332 g/mol. The van der Waals surface area contributed by atoms with Crippen LogP contribution in [0.1, 0.15) is 0 Å². The molecule has 0 unspecified atom stereocenters. The van der Waals surface area contributed by atoms with E-state index in [1.54, 1.807) is 12.1 Å². The lowest BCUT2D eigenvalue weighted by Gasteiger charge is -2.08. The summed E-state index contributed by atoms with van der Waals surface area (Å²) in [6, 6.07) is 20.4. The number of hydrogen-bond acceptors (Lipinski definition) is 3. The zero-order valence-electron chi connectivity index (χ0n) is 13.6. The monoisotopic (exact) mass is 332 g/mol. The molecule has 0 aliphatic rings. The first-order valence-corrected chi connectivity index (χ1v) is 8.17. The third kappa shape index (κ3) is 3.35. The van der Waals surface area contributed by atoms with Crippen molar-refractivity contribution in [3.8, 4) is 11.3 Å². The molecule has 2 aromatic carbocycles. The van der Waals surface area contributed by atoms with E-state index in [0.717, 1.165) is 30.2 Å². The minimum atomic E-state index is -0.257. The van der Waals surface area contributed by atoms with E-state index in [4.69, 9.17) is 0 Å². The Bertz CT molecular complexity index is 975. The third-order valence-electron chi connectivity index (χ3n) is 4.14. The molecule has 1 N–H and O–H groups in total. The fourth-order valence-electron chi connectivity index (χ4n) is 2.84. The van der Waals surface area contributed by atoms with E-state index < -0.39 is 0 Å². The Kier molecular flexibility index (Phi) is 4.12. The number of aromatic nitrogens is 3. The van der Waals surface area contributed by atoms with Crippen LogP contribution in [0, 0.1) is 5.82 Å². The summed E-state index contributed by atoms with van der Waals surface area (Å²) in [6.07, 6.45) is 2.09. The summed E-state index contributed by atoms with van der Waals surface area (Å²) in [5.74, 6) is 0.467. The molecular weight excluding hydrogens is 315 g/mol. The molecule has 0 bridgehead atoms. The third-order valence-corrected chi connectivity index (χ3v) is 4.14. The van der Waals surface area contributed by atoms with Gasteiger partial charge < -0.3 is 9.88 Å². The molecule has 2 aromatic heterocycles. The van der Waals surface area contributed by atoms with Crippen molar-refractivity contribution in [2.24, 2.45) is 0 Å². The summed E-state index contributed by atoms with van der Waals surface area (Å²) in [5, 5.41) is 12.9. The highest BCUT2D eigenvalue weighted by Crippen LogP contribution is 2.18. The number of benzene rings is 2. The Morgan fingerprint density at radius 2 is 1.72 bits per heavy atom. The van der Waals surface area contributed by atoms with Gasteiger partial charge in [0.05, 0.1) is 5.69 Å². The summed E-state index contributed by atoms with van der Waals surface area (Å²) in [5.41, 5.74) is 2.79. The summed E-state index contributed by atoms with van der Waals surface area (Å²) < 4.78 is 15.2. The predicted octanol–water partition coefficient (Wildman–Crippen LogP) is 4.35. The van der Waals surface area contributed by atoms with Crippen LogP contribution in [0.25, 0.3) is 22.2 Å². The molecule has 0 spiro atoms. The van der Waals surface area contributed by atoms with Gasteiger partial charge in [-0.25, -0.2) is 4.39 Å². The summed E-state index contributed by atoms with van der Waals surface area (Å²) in [4.78, 5) is 0. The summed E-state index contributed by atoms with van der Waals surface area (Å²) >= 11 is 0. The second kappa shape index (κ2) is 6.73. The maximum Gasteiger partial charge on any atom is 0.148 e. The molecule has 124 valence electrons. The molecule has 4 rings (SSSR count). The number of anilines is 1. The van der Waals surface area contributed by atoms with Crippen molar-refractivity contribution in [1.82, 2.24) is 14.8 Å². The molecule has 4 aromatic rings. The quantitative estimate of drug-likeness (QED) is 0.591. The first kappa shape index (κ1) is 15.3. The Hall–Kier alpha value is -3.21. The van der Waals surface area contributed by atoms with Gasteiger partial charge in [0.25, 0.3) is 0 Å². The zero-order valence-corrected chi connectivity index (χ0v) is 13.6. The van der Waals surface area contributed by atoms with Gasteiger partial charge in [0, 0.05) is 30.4 Å². The molecule has 0 aliphatic heterocycles. The van der Waals surface area contributed by atoms with Crippen molar-refractivity contribution in [3.63, 3.8) is 0 Å². The summed E-state index contributed by atoms with van der Waals surface area (Å²) in [7, 11) is 0. The molecule has 25 heavy (non-hydrogen) atoms. The van der Waals surface area contributed by atoms with E-state index in [9.17, 15) is 4.39 Å². The van der Waals surface area contributed by atoms with Gasteiger partial charge in [-0.3, -0.25) is 0 Å². The molecule has 5 heteroatoms. The van der Waals surface area contributed by atoms with Crippen LogP contribution < -0.4 is 5.32 Å². The Labute approximate surface area is 144 Å². The van der Waals surface area contributed by atoms with E-state index in [2.05, 4.69) is 44.5 Å². The van der Waals surface area contributed by atoms with Crippen molar-refractivity contribution < 1.29 is 4.39 Å². The van der Waals surface area contributed by atoms with Gasteiger partial charge in [0.2, 0.25) is 0 Å². The van der Waals surface area contributed by atoms with E-state index in [1.807, 2.05) is 24.3 Å².